The Bertz CT molecular complexity index is 518. The fraction of sp³-hybridized carbons (Fsp3) is 0.308. The third kappa shape index (κ3) is 2.56. The molecule has 1 aromatic carbocycles. The maximum absolute atomic E-state index is 11.6. The maximum Gasteiger partial charge on any atom is 0.269 e. The molecule has 0 aliphatic heterocycles. The van der Waals surface area contributed by atoms with Gasteiger partial charge in [0.05, 0.1) is 4.92 Å². The van der Waals surface area contributed by atoms with Crippen molar-refractivity contribution in [3.63, 3.8) is 0 Å². The fourth-order valence-electron chi connectivity index (χ4n) is 2.07. The minimum atomic E-state index is -0.435. The van der Waals surface area contributed by atoms with Crippen LogP contribution in [0.3, 0.4) is 0 Å². The summed E-state index contributed by atoms with van der Waals surface area (Å²) in [6.07, 6.45) is 2.34. The molecule has 1 saturated carbocycles. The van der Waals surface area contributed by atoms with E-state index in [1.807, 2.05) is 6.92 Å². The topological polar surface area (TPSA) is 72.2 Å². The highest BCUT2D eigenvalue weighted by molar-refractivity contribution is 5.98. The molecule has 0 bridgehead atoms. The fourth-order valence-corrected chi connectivity index (χ4v) is 2.07. The van der Waals surface area contributed by atoms with Crippen molar-refractivity contribution in [2.45, 2.75) is 26.2 Å². The number of carbonyl (C=O) groups is 1. The lowest BCUT2D eigenvalue weighted by atomic mass is 10.1. The number of ketones is 1. The lowest BCUT2D eigenvalue weighted by Crippen LogP contribution is -2.03. The SMILES string of the molecule is CC(Nc1ccc([N+](=O)[O-])cc1)=C1CCCC1=O. The molecule has 5 heteroatoms. The van der Waals surface area contributed by atoms with Gasteiger partial charge in [-0.25, -0.2) is 0 Å². The quantitative estimate of drug-likeness (QED) is 0.505. The number of nitrogens with zero attached hydrogens (tertiary/aromatic N) is 1. The summed E-state index contributed by atoms with van der Waals surface area (Å²) >= 11 is 0. The van der Waals surface area contributed by atoms with Crippen LogP contribution in [0.2, 0.25) is 0 Å². The van der Waals surface area contributed by atoms with E-state index in [4.69, 9.17) is 0 Å². The molecular formula is C13H14N2O3. The van der Waals surface area contributed by atoms with Crippen molar-refractivity contribution in [1.29, 1.82) is 0 Å². The first kappa shape index (κ1) is 12.3. The Kier molecular flexibility index (Phi) is 3.41. The van der Waals surface area contributed by atoms with E-state index in [2.05, 4.69) is 5.32 Å². The van der Waals surface area contributed by atoms with E-state index in [9.17, 15) is 14.9 Å². The Balaban J connectivity index is 2.14. The van der Waals surface area contributed by atoms with Crippen molar-refractivity contribution >= 4 is 17.2 Å². The summed E-state index contributed by atoms with van der Waals surface area (Å²) in [4.78, 5) is 21.6. The minimum absolute atomic E-state index is 0.0581. The molecule has 1 aliphatic rings. The number of carbonyl (C=O) groups excluding carboxylic acids is 1. The van der Waals surface area contributed by atoms with Crippen molar-refractivity contribution in [3.05, 3.63) is 45.6 Å². The first-order valence-corrected chi connectivity index (χ1v) is 5.82. The van der Waals surface area contributed by atoms with E-state index >= 15 is 0 Å². The van der Waals surface area contributed by atoms with Gasteiger partial charge in [-0.3, -0.25) is 14.9 Å². The molecule has 1 aromatic rings. The molecule has 5 nitrogen and oxygen atoms in total. The summed E-state index contributed by atoms with van der Waals surface area (Å²) in [5.41, 5.74) is 2.49. The first-order valence-electron chi connectivity index (χ1n) is 5.82. The van der Waals surface area contributed by atoms with Crippen LogP contribution in [0, 0.1) is 10.1 Å². The van der Waals surface area contributed by atoms with Crippen LogP contribution in [-0.4, -0.2) is 10.7 Å². The molecule has 0 aromatic heterocycles. The van der Waals surface area contributed by atoms with E-state index in [0.29, 0.717) is 6.42 Å². The van der Waals surface area contributed by atoms with Gasteiger partial charge in [-0.2, -0.15) is 0 Å². The summed E-state index contributed by atoms with van der Waals surface area (Å²) in [7, 11) is 0. The number of non-ortho nitro benzene ring substituents is 1. The second-order valence-corrected chi connectivity index (χ2v) is 4.31. The van der Waals surface area contributed by atoms with Crippen molar-refractivity contribution in [2.75, 3.05) is 5.32 Å². The number of allylic oxidation sites excluding steroid dienone is 2. The highest BCUT2D eigenvalue weighted by Crippen LogP contribution is 2.25. The van der Waals surface area contributed by atoms with E-state index in [-0.39, 0.29) is 11.5 Å². The van der Waals surface area contributed by atoms with E-state index in [0.717, 1.165) is 29.8 Å². The number of nitrogens with one attached hydrogen (secondary N) is 1. The Morgan fingerprint density at radius 1 is 1.28 bits per heavy atom. The van der Waals surface area contributed by atoms with Crippen molar-refractivity contribution in [2.24, 2.45) is 0 Å². The number of anilines is 1. The van der Waals surface area contributed by atoms with Gasteiger partial charge < -0.3 is 5.32 Å². The van der Waals surface area contributed by atoms with Crippen LogP contribution in [0.1, 0.15) is 26.2 Å². The van der Waals surface area contributed by atoms with Crippen LogP contribution < -0.4 is 5.32 Å². The molecule has 0 unspecified atom stereocenters. The van der Waals surface area contributed by atoms with Crippen LogP contribution in [0.25, 0.3) is 0 Å². The van der Waals surface area contributed by atoms with Gasteiger partial charge in [0.2, 0.25) is 0 Å². The van der Waals surface area contributed by atoms with Crippen LogP contribution >= 0.6 is 0 Å². The zero-order valence-corrected chi connectivity index (χ0v) is 10.1. The molecule has 0 saturated heterocycles. The van der Waals surface area contributed by atoms with Gasteiger partial charge in [-0.1, -0.05) is 0 Å². The van der Waals surface area contributed by atoms with Gasteiger partial charge in [0.1, 0.15) is 0 Å². The predicted octanol–water partition coefficient (Wildman–Crippen LogP) is 3.03. The van der Waals surface area contributed by atoms with Crippen LogP contribution in [0.5, 0.6) is 0 Å². The average molecular weight is 246 g/mol. The number of Topliss-reactive ketones (excluding diaryl/α,β-unsaturated/α-hetero) is 1. The second-order valence-electron chi connectivity index (χ2n) is 4.31. The first-order chi connectivity index (χ1) is 8.58. The highest BCUT2D eigenvalue weighted by atomic mass is 16.6. The molecule has 94 valence electrons. The molecule has 1 aliphatic carbocycles. The standard InChI is InChI=1S/C13H14N2O3/c1-9(12-3-2-4-13(12)16)14-10-5-7-11(8-6-10)15(17)18/h5-8,14H,2-4H2,1H3. The number of nitro benzene ring substituents is 1. The lowest BCUT2D eigenvalue weighted by molar-refractivity contribution is -0.384. The molecule has 18 heavy (non-hydrogen) atoms. The summed E-state index contributed by atoms with van der Waals surface area (Å²) in [5.74, 6) is 0.196. The molecule has 1 fully saturated rings. The normalized spacial score (nSPS) is 17.7. The number of benzene rings is 1. The number of hydrogen-bond acceptors (Lipinski definition) is 4. The number of nitro groups is 1. The van der Waals surface area contributed by atoms with Gasteiger partial charge in [0.15, 0.2) is 5.78 Å². The van der Waals surface area contributed by atoms with Crippen LogP contribution in [0.15, 0.2) is 35.5 Å². The second kappa shape index (κ2) is 5.00. The zero-order chi connectivity index (χ0) is 13.1. The Morgan fingerprint density at radius 3 is 2.44 bits per heavy atom. The minimum Gasteiger partial charge on any atom is -0.359 e. The monoisotopic (exact) mass is 246 g/mol. The zero-order valence-electron chi connectivity index (χ0n) is 10.1. The molecule has 0 spiro atoms. The largest absolute Gasteiger partial charge is 0.359 e. The van der Waals surface area contributed by atoms with Crippen LogP contribution in [-0.2, 0) is 4.79 Å². The summed E-state index contributed by atoms with van der Waals surface area (Å²) in [6, 6.07) is 6.16. The molecule has 1 N–H and O–H groups in total. The molecule has 0 radical (unpaired) electrons. The van der Waals surface area contributed by atoms with Gasteiger partial charge >= 0.3 is 0 Å². The Hall–Kier alpha value is -2.17. The van der Waals surface area contributed by atoms with E-state index < -0.39 is 4.92 Å². The van der Waals surface area contributed by atoms with Crippen LogP contribution in [0.4, 0.5) is 11.4 Å². The van der Waals surface area contributed by atoms with Gasteiger partial charge in [0.25, 0.3) is 5.69 Å². The third-order valence-electron chi connectivity index (χ3n) is 3.03. The smallest absolute Gasteiger partial charge is 0.269 e. The molecule has 2 rings (SSSR count). The average Bonchev–Trinajstić information content (AvgIpc) is 2.76. The third-order valence-corrected chi connectivity index (χ3v) is 3.03. The van der Waals surface area contributed by atoms with Gasteiger partial charge in [-0.05, 0) is 31.9 Å². The Morgan fingerprint density at radius 2 is 1.94 bits per heavy atom. The number of hydrogen-bond donors (Lipinski definition) is 1. The summed E-state index contributed by atoms with van der Waals surface area (Å²) in [5, 5.41) is 13.6. The molecule has 0 atom stereocenters. The van der Waals surface area contributed by atoms with Crippen molar-refractivity contribution in [3.8, 4) is 0 Å². The lowest BCUT2D eigenvalue weighted by Gasteiger charge is -2.09. The summed E-state index contributed by atoms with van der Waals surface area (Å²) < 4.78 is 0. The molecule has 0 amide bonds. The summed E-state index contributed by atoms with van der Waals surface area (Å²) in [6.45, 7) is 1.86. The predicted molar refractivity (Wildman–Crippen MR) is 68.3 cm³/mol. The van der Waals surface area contributed by atoms with Crippen molar-refractivity contribution in [1.82, 2.24) is 0 Å². The Labute approximate surface area is 105 Å². The van der Waals surface area contributed by atoms with Crippen molar-refractivity contribution < 1.29 is 9.72 Å². The van der Waals surface area contributed by atoms with Gasteiger partial charge in [0, 0.05) is 35.5 Å². The van der Waals surface area contributed by atoms with E-state index in [1.54, 1.807) is 12.1 Å². The molecular weight excluding hydrogens is 232 g/mol. The molecule has 0 heterocycles. The van der Waals surface area contributed by atoms with E-state index in [1.165, 1.54) is 12.1 Å². The number of rotatable bonds is 3. The maximum atomic E-state index is 11.6. The van der Waals surface area contributed by atoms with Gasteiger partial charge in [-0.15, -0.1) is 0 Å². The highest BCUT2D eigenvalue weighted by Gasteiger charge is 2.19.